The maximum atomic E-state index is 12.6. The van der Waals surface area contributed by atoms with Crippen LogP contribution in [0.15, 0.2) is 259 Å². The number of hydrogen-bond acceptors (Lipinski definition) is 20. The minimum Gasteiger partial charge on any atom is -0.508 e. The summed E-state index contributed by atoms with van der Waals surface area (Å²) in [5, 5.41) is 137. The third-order valence-corrected chi connectivity index (χ3v) is 26.7. The van der Waals surface area contributed by atoms with E-state index in [9.17, 15) is 40.9 Å². The van der Waals surface area contributed by atoms with Gasteiger partial charge in [-0.1, -0.05) is 205 Å². The first-order chi connectivity index (χ1) is 68.5. The Hall–Kier alpha value is -13.4. The Balaban J connectivity index is 0.799. The monoisotopic (exact) mass is 1890 g/mol. The van der Waals surface area contributed by atoms with Gasteiger partial charge in [0.25, 0.3) is 0 Å². The fourth-order valence-corrected chi connectivity index (χ4v) is 18.7. The Labute approximate surface area is 828 Å². The molecule has 1 aliphatic carbocycles. The fraction of sp³-hybridized carbons (Fsp3) is 0.400. The van der Waals surface area contributed by atoms with Crippen molar-refractivity contribution in [2.75, 3.05) is 26.4 Å². The molecule has 0 radical (unpaired) electrons. The number of phenols is 8. The molecule has 0 heterocycles. The first-order valence-electron chi connectivity index (χ1n) is 51.7. The number of rotatable bonds is 56. The van der Waals surface area contributed by atoms with Gasteiger partial charge in [0.15, 0.2) is 0 Å². The summed E-state index contributed by atoms with van der Waals surface area (Å²) >= 11 is 0. The maximum absolute atomic E-state index is 12.6. The Kier molecular flexibility index (Phi) is 41.6. The number of benzene rings is 12. The number of nitrogens with zero attached hydrogens (tertiary/aromatic N) is 8. The van der Waals surface area contributed by atoms with E-state index in [2.05, 4.69) is 117 Å². The summed E-state index contributed by atoms with van der Waals surface area (Å²) in [5.74, 6) is 0.156. The van der Waals surface area contributed by atoms with Gasteiger partial charge in [-0.3, -0.25) is 0 Å². The highest BCUT2D eigenvalue weighted by molar-refractivity contribution is 5.66. The lowest BCUT2D eigenvalue weighted by Gasteiger charge is -2.26. The molecule has 0 saturated heterocycles. The van der Waals surface area contributed by atoms with Gasteiger partial charge in [0, 0.05) is 94.5 Å². The summed E-state index contributed by atoms with van der Waals surface area (Å²) < 4.78 is 25.9. The molecule has 0 saturated carbocycles. The molecule has 20 nitrogen and oxygen atoms in total. The van der Waals surface area contributed by atoms with Crippen LogP contribution in [0.25, 0.3) is 0 Å². The first kappa shape index (κ1) is 104. The van der Waals surface area contributed by atoms with E-state index in [1.165, 1.54) is 175 Å². The predicted octanol–water partition coefficient (Wildman–Crippen LogP) is 33.3. The molecule has 12 aromatic carbocycles. The van der Waals surface area contributed by atoms with Crippen molar-refractivity contribution in [1.82, 2.24) is 0 Å². The van der Waals surface area contributed by atoms with Gasteiger partial charge in [-0.15, -0.1) is 0 Å². The van der Waals surface area contributed by atoms with Crippen LogP contribution in [0.3, 0.4) is 0 Å². The number of azo groups is 4. The van der Waals surface area contributed by atoms with Crippen LogP contribution in [-0.2, 0) is 77.0 Å². The molecule has 0 amide bonds. The van der Waals surface area contributed by atoms with E-state index >= 15 is 0 Å². The van der Waals surface area contributed by atoms with Gasteiger partial charge in [-0.05, 0) is 293 Å². The number of ether oxygens (including phenoxy) is 4. The number of fused-ring (bicyclic) bond motifs is 8. The van der Waals surface area contributed by atoms with Gasteiger partial charge in [-0.2, -0.15) is 40.9 Å². The molecule has 140 heavy (non-hydrogen) atoms. The first-order valence-corrected chi connectivity index (χ1v) is 51.7. The van der Waals surface area contributed by atoms with E-state index in [-0.39, 0.29) is 124 Å². The molecular formula is C120H144N8O12. The molecule has 8 N–H and O–H groups in total. The van der Waals surface area contributed by atoms with Crippen LogP contribution in [0.4, 0.5) is 45.5 Å². The number of hydrogen-bond donors (Lipinski definition) is 8. The number of phenolic OH excluding ortho intramolecular Hbond substituents is 8. The summed E-state index contributed by atoms with van der Waals surface area (Å²) in [6.45, 7) is 9.67. The van der Waals surface area contributed by atoms with Crippen LogP contribution in [-0.4, -0.2) is 67.3 Å². The highest BCUT2D eigenvalue weighted by Gasteiger charge is 2.30. The van der Waals surface area contributed by atoms with E-state index in [4.69, 9.17) is 18.9 Å². The second-order valence-corrected chi connectivity index (χ2v) is 37.4. The smallest absolute Gasteiger partial charge is 0.123 e. The number of aryl methyl sites for hydroxylation is 4. The van der Waals surface area contributed by atoms with Crippen molar-refractivity contribution in [3.63, 3.8) is 0 Å². The minimum atomic E-state index is -0.269. The molecule has 20 heteroatoms. The Morgan fingerprint density at radius 3 is 0.493 bits per heavy atom. The molecule has 1 aliphatic rings. The zero-order valence-corrected chi connectivity index (χ0v) is 82.7. The highest BCUT2D eigenvalue weighted by Crippen LogP contribution is 2.48. The topological polar surface area (TPSA) is 298 Å². The Morgan fingerprint density at radius 2 is 0.329 bits per heavy atom. The van der Waals surface area contributed by atoms with Crippen molar-refractivity contribution in [1.29, 1.82) is 0 Å². The quantitative estimate of drug-likeness (QED) is 0.0130. The van der Waals surface area contributed by atoms with E-state index in [0.29, 0.717) is 138 Å². The van der Waals surface area contributed by atoms with E-state index < -0.39 is 0 Å². The Bertz CT molecular complexity index is 5110. The molecule has 12 aromatic rings. The zero-order valence-electron chi connectivity index (χ0n) is 82.7. The molecular weight excluding hydrogens is 1750 g/mol. The van der Waals surface area contributed by atoms with Crippen molar-refractivity contribution in [3.05, 3.63) is 307 Å². The molecule has 0 fully saturated rings. The lowest BCUT2D eigenvalue weighted by atomic mass is 9.81. The van der Waals surface area contributed by atoms with E-state index in [0.717, 1.165) is 74.1 Å². The summed E-state index contributed by atoms with van der Waals surface area (Å²) in [5.41, 5.74) is 15.6. The molecule has 0 unspecified atom stereocenters. The van der Waals surface area contributed by atoms with Crippen molar-refractivity contribution in [2.45, 2.75) is 285 Å². The average Bonchev–Trinajstić information content (AvgIpc) is 0.751. The van der Waals surface area contributed by atoms with Crippen LogP contribution in [0.2, 0.25) is 0 Å². The molecule has 0 aliphatic heterocycles. The van der Waals surface area contributed by atoms with Crippen LogP contribution in [0, 0.1) is 0 Å². The minimum absolute atomic E-state index is 0.134. The van der Waals surface area contributed by atoms with Crippen LogP contribution in [0.1, 0.15) is 296 Å². The highest BCUT2D eigenvalue weighted by atomic mass is 16.5. The largest absolute Gasteiger partial charge is 0.508 e. The number of aromatic hydroxyl groups is 8. The summed E-state index contributed by atoms with van der Waals surface area (Å²) in [7, 11) is 0. The molecule has 13 rings (SSSR count). The summed E-state index contributed by atoms with van der Waals surface area (Å²) in [6, 6.07) is 67.6. The lowest BCUT2D eigenvalue weighted by molar-refractivity contribution is 0.310. The molecule has 0 spiro atoms. The van der Waals surface area contributed by atoms with E-state index in [1.54, 1.807) is 0 Å². The molecule has 8 bridgehead atoms. The van der Waals surface area contributed by atoms with Gasteiger partial charge >= 0.3 is 0 Å². The molecule has 0 aromatic heterocycles. The van der Waals surface area contributed by atoms with Crippen molar-refractivity contribution in [3.8, 4) is 69.0 Å². The second kappa shape index (κ2) is 56.0. The Morgan fingerprint density at radius 1 is 0.179 bits per heavy atom. The van der Waals surface area contributed by atoms with Gasteiger partial charge in [0.2, 0.25) is 0 Å². The second-order valence-electron chi connectivity index (χ2n) is 37.4. The van der Waals surface area contributed by atoms with Crippen molar-refractivity contribution >= 4 is 45.5 Å². The standard InChI is InChI=1S/C120H144N8O12/c1-5-9-13-17-21-25-33-85-41-49-89(50-42-85)121-125-93-57-65-97(66-58-93)137-73-29-37-101-105-77-107-102(38-30-74-138-98-67-59-94(60-68-98)126-122-90-51-43-86(44-52-90)34-26-22-18-14-10-6-2)109(117(133)82-115(107)131)79-111-104(40-32-76-140-100-71-63-96(64-72-100)128-124-92-55-47-88(48-56-92)36-28-24-20-16-12-8-4)112(120(136)84-119(111)135)80-110-103(108(116(132)83-118(110)134)78-106(101)114(130)81-113(105)129)39-31-75-139-99-69-61-95(62-70-99)127-123-91-53-45-87(46-54-91)35-27-23-19-15-11-7-3/h41-72,81-84,129-136H,5-40,73-80H2,1-4H3. The number of unbranched alkanes of at least 4 members (excludes halogenated alkanes) is 20. The molecule has 0 atom stereocenters. The third-order valence-electron chi connectivity index (χ3n) is 26.7. The van der Waals surface area contributed by atoms with Gasteiger partial charge in [-0.25, -0.2) is 0 Å². The molecule has 736 valence electrons. The van der Waals surface area contributed by atoms with Crippen molar-refractivity contribution < 1.29 is 59.8 Å². The van der Waals surface area contributed by atoms with Gasteiger partial charge in [0.1, 0.15) is 69.0 Å². The third kappa shape index (κ3) is 32.4. The maximum Gasteiger partial charge on any atom is 0.123 e. The zero-order chi connectivity index (χ0) is 97.8. The summed E-state index contributed by atoms with van der Waals surface area (Å²) in [4.78, 5) is 0. The summed E-state index contributed by atoms with van der Waals surface area (Å²) in [6.07, 6.45) is 35.6. The van der Waals surface area contributed by atoms with Crippen molar-refractivity contribution in [2.24, 2.45) is 40.9 Å². The van der Waals surface area contributed by atoms with E-state index in [1.807, 2.05) is 146 Å². The predicted molar refractivity (Wildman–Crippen MR) is 562 cm³/mol. The van der Waals surface area contributed by atoms with Crippen LogP contribution < -0.4 is 18.9 Å². The fourth-order valence-electron chi connectivity index (χ4n) is 18.7. The van der Waals surface area contributed by atoms with Gasteiger partial charge < -0.3 is 59.8 Å². The normalized spacial score (nSPS) is 12.1. The SMILES string of the molecule is CCCCCCCCc1ccc(N=Nc2ccc(OCCCc3c4c(O)cc(O)c3Cc3c(O)cc(O)c(c3CCCOc3ccc(N=Nc5ccc(CCCCCCCC)cc5)cc3)Cc3c(O)cc(O)c(c3CCCOc3ccc(N=Nc5ccc(CCCCCCCC)cc5)cc3)Cc3c(O)cc(O)c(c3CCCOc3ccc(N=Nc5ccc(CCCCCCCC)cc5)cc3)C4)cc2)cc1. The van der Waals surface area contributed by atoms with Gasteiger partial charge in [0.05, 0.1) is 71.9 Å². The van der Waals surface area contributed by atoms with Crippen LogP contribution >= 0.6 is 0 Å². The van der Waals surface area contributed by atoms with Crippen LogP contribution in [0.5, 0.6) is 69.0 Å². The average molecular weight is 1890 g/mol. The lowest BCUT2D eigenvalue weighted by Crippen LogP contribution is -2.13.